The molecule has 0 aliphatic heterocycles. The number of benzene rings is 1. The number of carboxylic acids is 1. The molecule has 7 heteroatoms. The molecule has 0 amide bonds. The zero-order valence-corrected chi connectivity index (χ0v) is 16.9. The molecular formula is C22H20F2N2O2S. The molecule has 0 saturated heterocycles. The highest BCUT2D eigenvalue weighted by atomic mass is 32.1. The van der Waals surface area contributed by atoms with Crippen molar-refractivity contribution in [1.82, 2.24) is 4.57 Å². The summed E-state index contributed by atoms with van der Waals surface area (Å²) in [6.07, 6.45) is 5.33. The first-order valence-corrected chi connectivity index (χ1v) is 10.2. The van der Waals surface area contributed by atoms with Gasteiger partial charge in [0.25, 0.3) is 0 Å². The number of aliphatic imine (C=N–C) groups is 1. The van der Waals surface area contributed by atoms with Crippen molar-refractivity contribution in [3.8, 4) is 5.00 Å². The molecule has 1 aliphatic carbocycles. The number of thiophene rings is 1. The maximum absolute atomic E-state index is 13.9. The minimum atomic E-state index is -0.907. The molecule has 2 aromatic heterocycles. The smallest absolute Gasteiger partial charge is 0.339 e. The molecule has 0 unspecified atom stereocenters. The molecule has 0 radical (unpaired) electrons. The predicted octanol–water partition coefficient (Wildman–Crippen LogP) is 5.76. The van der Waals surface area contributed by atoms with E-state index >= 15 is 0 Å². The van der Waals surface area contributed by atoms with Crippen LogP contribution in [0.2, 0.25) is 0 Å². The van der Waals surface area contributed by atoms with Crippen LogP contribution in [0, 0.1) is 25.5 Å². The van der Waals surface area contributed by atoms with E-state index in [4.69, 9.17) is 0 Å². The first-order chi connectivity index (χ1) is 13.9. The summed E-state index contributed by atoms with van der Waals surface area (Å²) in [6.45, 7) is 3.80. The van der Waals surface area contributed by atoms with Crippen molar-refractivity contribution in [2.75, 3.05) is 0 Å². The molecule has 0 atom stereocenters. The van der Waals surface area contributed by atoms with Gasteiger partial charge in [-0.3, -0.25) is 4.99 Å². The molecule has 1 aromatic carbocycles. The van der Waals surface area contributed by atoms with Crippen molar-refractivity contribution < 1.29 is 18.7 Å². The molecule has 29 heavy (non-hydrogen) atoms. The molecule has 0 bridgehead atoms. The first kappa shape index (κ1) is 19.5. The highest BCUT2D eigenvalue weighted by molar-refractivity contribution is 7.15. The minimum Gasteiger partial charge on any atom is -0.478 e. The molecular weight excluding hydrogens is 394 g/mol. The number of aromatic nitrogens is 1. The Morgan fingerprint density at radius 2 is 1.97 bits per heavy atom. The van der Waals surface area contributed by atoms with E-state index in [1.54, 1.807) is 0 Å². The van der Waals surface area contributed by atoms with E-state index in [9.17, 15) is 18.7 Å². The Labute approximate surface area is 171 Å². The Bertz CT molecular complexity index is 1140. The van der Waals surface area contributed by atoms with E-state index < -0.39 is 17.6 Å². The van der Waals surface area contributed by atoms with Crippen molar-refractivity contribution in [2.24, 2.45) is 4.99 Å². The van der Waals surface area contributed by atoms with Gasteiger partial charge in [-0.1, -0.05) is 0 Å². The van der Waals surface area contributed by atoms with Crippen LogP contribution in [0.15, 0.2) is 29.3 Å². The summed E-state index contributed by atoms with van der Waals surface area (Å²) in [5.74, 6) is -2.29. The number of rotatable bonds is 4. The average molecular weight is 414 g/mol. The fourth-order valence-corrected chi connectivity index (χ4v) is 5.38. The van der Waals surface area contributed by atoms with E-state index in [1.165, 1.54) is 23.6 Å². The summed E-state index contributed by atoms with van der Waals surface area (Å²) in [4.78, 5) is 17.3. The van der Waals surface area contributed by atoms with E-state index in [-0.39, 0.29) is 5.69 Å². The molecule has 150 valence electrons. The molecule has 3 aromatic rings. The molecule has 4 rings (SSSR count). The number of nitrogens with zero attached hydrogens (tertiary/aromatic N) is 2. The van der Waals surface area contributed by atoms with Gasteiger partial charge in [0.05, 0.1) is 11.3 Å². The monoisotopic (exact) mass is 414 g/mol. The number of carbonyl (C=O) groups is 1. The second-order valence-corrected chi connectivity index (χ2v) is 8.30. The number of aryl methyl sites for hydroxylation is 2. The summed E-state index contributed by atoms with van der Waals surface area (Å²) in [6, 6.07) is 5.14. The van der Waals surface area contributed by atoms with Gasteiger partial charge >= 0.3 is 5.97 Å². The van der Waals surface area contributed by atoms with Gasteiger partial charge in [-0.05, 0) is 63.3 Å². The van der Waals surface area contributed by atoms with Crippen LogP contribution in [-0.2, 0) is 12.8 Å². The molecule has 0 saturated carbocycles. The second kappa shape index (κ2) is 7.55. The van der Waals surface area contributed by atoms with Gasteiger partial charge in [0.15, 0.2) is 5.82 Å². The largest absolute Gasteiger partial charge is 0.478 e. The van der Waals surface area contributed by atoms with E-state index in [2.05, 4.69) is 4.99 Å². The van der Waals surface area contributed by atoms with Crippen LogP contribution in [0.1, 0.15) is 50.6 Å². The Kier molecular flexibility index (Phi) is 5.08. The number of fused-ring (bicyclic) bond motifs is 1. The molecule has 0 spiro atoms. The lowest BCUT2D eigenvalue weighted by Crippen LogP contribution is -2.09. The van der Waals surface area contributed by atoms with E-state index in [1.807, 2.05) is 24.5 Å². The standard InChI is InChI=1S/C22H20F2N2O2S/c1-12-9-14(11-25-18-8-7-15(23)10-17(18)24)13(2)26(12)21-20(22(27)28)16-5-3-4-6-19(16)29-21/h7-11H,3-6H2,1-2H3,(H,27,28). The fourth-order valence-electron chi connectivity index (χ4n) is 3.89. The van der Waals surface area contributed by atoms with Crippen LogP contribution in [0.5, 0.6) is 0 Å². The van der Waals surface area contributed by atoms with Crippen LogP contribution >= 0.6 is 11.3 Å². The Morgan fingerprint density at radius 3 is 2.69 bits per heavy atom. The highest BCUT2D eigenvalue weighted by Gasteiger charge is 2.27. The third kappa shape index (κ3) is 3.51. The maximum atomic E-state index is 13.9. The summed E-state index contributed by atoms with van der Waals surface area (Å²) in [7, 11) is 0. The van der Waals surface area contributed by atoms with Crippen molar-refractivity contribution in [2.45, 2.75) is 39.5 Å². The van der Waals surface area contributed by atoms with Crippen molar-refractivity contribution >= 4 is 29.2 Å². The average Bonchev–Trinajstić information content (AvgIpc) is 3.17. The van der Waals surface area contributed by atoms with Crippen LogP contribution < -0.4 is 0 Å². The normalized spacial score (nSPS) is 13.8. The van der Waals surface area contributed by atoms with Gasteiger partial charge in [0.2, 0.25) is 0 Å². The summed E-state index contributed by atoms with van der Waals surface area (Å²) >= 11 is 1.54. The number of halogens is 2. The van der Waals surface area contributed by atoms with Crippen molar-refractivity contribution in [3.63, 3.8) is 0 Å². The van der Waals surface area contributed by atoms with Crippen molar-refractivity contribution in [3.05, 3.63) is 68.9 Å². The van der Waals surface area contributed by atoms with Crippen molar-refractivity contribution in [1.29, 1.82) is 0 Å². The molecule has 0 fully saturated rings. The quantitative estimate of drug-likeness (QED) is 0.552. The van der Waals surface area contributed by atoms with E-state index in [0.717, 1.165) is 65.2 Å². The number of hydrogen-bond donors (Lipinski definition) is 1. The third-order valence-electron chi connectivity index (χ3n) is 5.29. The lowest BCUT2D eigenvalue weighted by Gasteiger charge is -2.11. The Hall–Kier alpha value is -2.80. The van der Waals surface area contributed by atoms with Crippen LogP contribution in [0.3, 0.4) is 0 Å². The molecule has 1 aliphatic rings. The summed E-state index contributed by atoms with van der Waals surface area (Å²) in [5.41, 5.74) is 3.86. The first-order valence-electron chi connectivity index (χ1n) is 9.43. The van der Waals surface area contributed by atoms with Gasteiger partial charge in [-0.2, -0.15) is 0 Å². The highest BCUT2D eigenvalue weighted by Crippen LogP contribution is 2.38. The molecule has 4 nitrogen and oxygen atoms in total. The third-order valence-corrected chi connectivity index (χ3v) is 6.57. The molecule has 1 N–H and O–H groups in total. The summed E-state index contributed by atoms with van der Waals surface area (Å²) < 4.78 is 28.9. The number of hydrogen-bond acceptors (Lipinski definition) is 3. The lowest BCUT2D eigenvalue weighted by molar-refractivity contribution is 0.0696. The Balaban J connectivity index is 1.78. The second-order valence-electron chi connectivity index (χ2n) is 7.21. The SMILES string of the molecule is Cc1cc(C=Nc2ccc(F)cc2F)c(C)n1-c1sc2c(c1C(=O)O)CCCC2. The number of aromatic carboxylic acids is 1. The topological polar surface area (TPSA) is 54.6 Å². The van der Waals surface area contributed by atoms with Gasteiger partial charge < -0.3 is 9.67 Å². The fraction of sp³-hybridized carbons (Fsp3) is 0.273. The molecule has 2 heterocycles. The number of carboxylic acid groups (broad SMARTS) is 1. The van der Waals surface area contributed by atoms with E-state index in [0.29, 0.717) is 10.6 Å². The maximum Gasteiger partial charge on any atom is 0.339 e. The van der Waals surface area contributed by atoms with Crippen LogP contribution in [-0.4, -0.2) is 21.9 Å². The Morgan fingerprint density at radius 1 is 1.21 bits per heavy atom. The summed E-state index contributed by atoms with van der Waals surface area (Å²) in [5, 5.41) is 10.6. The van der Waals surface area contributed by atoms with Gasteiger partial charge in [-0.15, -0.1) is 11.3 Å². The van der Waals surface area contributed by atoms with Gasteiger partial charge in [-0.25, -0.2) is 13.6 Å². The van der Waals surface area contributed by atoms with Crippen LogP contribution in [0.25, 0.3) is 5.00 Å². The zero-order chi connectivity index (χ0) is 20.7. The minimum absolute atomic E-state index is 0.0500. The lowest BCUT2D eigenvalue weighted by atomic mass is 9.95. The predicted molar refractivity (Wildman–Crippen MR) is 110 cm³/mol. The van der Waals surface area contributed by atoms with Crippen LogP contribution in [0.4, 0.5) is 14.5 Å². The zero-order valence-electron chi connectivity index (χ0n) is 16.1. The van der Waals surface area contributed by atoms with Gasteiger partial charge in [0, 0.05) is 34.1 Å². The van der Waals surface area contributed by atoms with Gasteiger partial charge in [0.1, 0.15) is 10.8 Å².